The largest absolute Gasteiger partial charge is 0.497 e. The Morgan fingerprint density at radius 1 is 1.26 bits per heavy atom. The number of carbonyl (C=O) groups excluding carboxylic acids is 1. The summed E-state index contributed by atoms with van der Waals surface area (Å²) < 4.78 is 5.07. The van der Waals surface area contributed by atoms with E-state index in [0.717, 1.165) is 11.3 Å². The molecular formula is C18H15N5O4. The highest BCUT2D eigenvalue weighted by molar-refractivity contribution is 5.94. The number of aromatic amines is 1. The number of H-pyrrole nitrogens is 1. The second kappa shape index (κ2) is 7.91. The van der Waals surface area contributed by atoms with Crippen molar-refractivity contribution in [2.45, 2.75) is 0 Å². The lowest BCUT2D eigenvalue weighted by Crippen LogP contribution is -2.17. The van der Waals surface area contributed by atoms with Gasteiger partial charge in [0, 0.05) is 17.7 Å². The van der Waals surface area contributed by atoms with Crippen LogP contribution in [0.5, 0.6) is 5.75 Å². The molecule has 0 aliphatic rings. The van der Waals surface area contributed by atoms with Gasteiger partial charge in [0.05, 0.1) is 23.9 Å². The van der Waals surface area contributed by atoms with Crippen LogP contribution < -0.4 is 10.2 Å². The minimum atomic E-state index is -0.488. The number of nitrogens with one attached hydrogen (secondary N) is 2. The van der Waals surface area contributed by atoms with Crippen molar-refractivity contribution in [3.8, 4) is 17.0 Å². The molecular weight excluding hydrogens is 350 g/mol. The van der Waals surface area contributed by atoms with Crippen LogP contribution in [0.25, 0.3) is 11.3 Å². The van der Waals surface area contributed by atoms with Crippen LogP contribution in [0.1, 0.15) is 16.1 Å². The topological polar surface area (TPSA) is 123 Å². The van der Waals surface area contributed by atoms with Crippen molar-refractivity contribution in [1.29, 1.82) is 0 Å². The number of nitrogens with zero attached hydrogens (tertiary/aromatic N) is 3. The molecule has 0 spiro atoms. The van der Waals surface area contributed by atoms with E-state index >= 15 is 0 Å². The number of amides is 1. The molecule has 136 valence electrons. The number of methoxy groups -OCH3 is 1. The molecule has 2 N–H and O–H groups in total. The minimum absolute atomic E-state index is 0.0504. The first-order valence-electron chi connectivity index (χ1n) is 7.84. The predicted molar refractivity (Wildman–Crippen MR) is 98.7 cm³/mol. The molecule has 0 radical (unpaired) electrons. The van der Waals surface area contributed by atoms with E-state index in [1.54, 1.807) is 43.5 Å². The van der Waals surface area contributed by atoms with Gasteiger partial charge in [0.2, 0.25) is 0 Å². The van der Waals surface area contributed by atoms with Crippen LogP contribution >= 0.6 is 0 Å². The summed E-state index contributed by atoms with van der Waals surface area (Å²) >= 11 is 0. The van der Waals surface area contributed by atoms with Crippen LogP contribution in [0.4, 0.5) is 5.69 Å². The Bertz CT molecular complexity index is 995. The standard InChI is InChI=1S/C18H15N5O4/c1-27-15-7-5-12(6-8-15)11-19-22-18(24)17-10-16(20-21-17)13-3-2-4-14(9-13)23(25)26/h2-11H,1H3,(H,20,21)(H,22,24)/b19-11+. The van der Waals surface area contributed by atoms with Gasteiger partial charge >= 0.3 is 0 Å². The monoisotopic (exact) mass is 365 g/mol. The van der Waals surface area contributed by atoms with E-state index in [4.69, 9.17) is 4.74 Å². The zero-order chi connectivity index (χ0) is 19.2. The second-order valence-corrected chi connectivity index (χ2v) is 5.45. The number of rotatable bonds is 6. The van der Waals surface area contributed by atoms with Crippen LogP contribution in [0, 0.1) is 10.1 Å². The third-order valence-corrected chi connectivity index (χ3v) is 3.67. The molecule has 1 aromatic heterocycles. The molecule has 3 aromatic rings. The number of hydrogen-bond donors (Lipinski definition) is 2. The molecule has 0 saturated carbocycles. The summed E-state index contributed by atoms with van der Waals surface area (Å²) in [6, 6.07) is 14.7. The van der Waals surface area contributed by atoms with E-state index in [-0.39, 0.29) is 11.4 Å². The van der Waals surface area contributed by atoms with E-state index in [1.807, 2.05) is 0 Å². The Morgan fingerprint density at radius 2 is 2.04 bits per heavy atom. The number of aromatic nitrogens is 2. The molecule has 9 heteroatoms. The van der Waals surface area contributed by atoms with E-state index in [9.17, 15) is 14.9 Å². The second-order valence-electron chi connectivity index (χ2n) is 5.45. The van der Waals surface area contributed by atoms with Gasteiger partial charge < -0.3 is 4.74 Å². The van der Waals surface area contributed by atoms with Crippen molar-refractivity contribution in [3.63, 3.8) is 0 Å². The van der Waals surface area contributed by atoms with Crippen LogP contribution in [0.3, 0.4) is 0 Å². The normalized spacial score (nSPS) is 10.7. The maximum Gasteiger partial charge on any atom is 0.289 e. The zero-order valence-electron chi connectivity index (χ0n) is 14.2. The smallest absolute Gasteiger partial charge is 0.289 e. The summed E-state index contributed by atoms with van der Waals surface area (Å²) in [5.41, 5.74) is 4.26. The average Bonchev–Trinajstić information content (AvgIpc) is 3.19. The molecule has 0 fully saturated rings. The Morgan fingerprint density at radius 3 is 2.74 bits per heavy atom. The first-order chi connectivity index (χ1) is 13.1. The maximum atomic E-state index is 12.1. The highest BCUT2D eigenvalue weighted by Crippen LogP contribution is 2.22. The highest BCUT2D eigenvalue weighted by atomic mass is 16.6. The fourth-order valence-corrected chi connectivity index (χ4v) is 2.28. The minimum Gasteiger partial charge on any atom is -0.497 e. The summed E-state index contributed by atoms with van der Waals surface area (Å²) in [5.74, 6) is 0.242. The molecule has 1 amide bonds. The summed E-state index contributed by atoms with van der Waals surface area (Å²) in [7, 11) is 1.58. The zero-order valence-corrected chi connectivity index (χ0v) is 14.2. The van der Waals surface area contributed by atoms with Gasteiger partial charge in [-0.15, -0.1) is 0 Å². The lowest BCUT2D eigenvalue weighted by atomic mass is 10.1. The van der Waals surface area contributed by atoms with E-state index in [2.05, 4.69) is 20.7 Å². The van der Waals surface area contributed by atoms with Gasteiger partial charge in [-0.2, -0.15) is 10.2 Å². The van der Waals surface area contributed by atoms with Gasteiger partial charge in [-0.1, -0.05) is 12.1 Å². The number of hydrogen-bond acceptors (Lipinski definition) is 6. The molecule has 2 aromatic carbocycles. The molecule has 0 unspecified atom stereocenters. The number of benzene rings is 2. The first kappa shape index (κ1) is 17.8. The third-order valence-electron chi connectivity index (χ3n) is 3.67. The van der Waals surface area contributed by atoms with Gasteiger partial charge in [-0.25, -0.2) is 5.43 Å². The molecule has 3 rings (SSSR count). The van der Waals surface area contributed by atoms with Gasteiger partial charge in [0.15, 0.2) is 0 Å². The molecule has 27 heavy (non-hydrogen) atoms. The highest BCUT2D eigenvalue weighted by Gasteiger charge is 2.13. The molecule has 0 aliphatic carbocycles. The Balaban J connectivity index is 1.67. The number of nitro groups is 1. The first-order valence-corrected chi connectivity index (χ1v) is 7.84. The predicted octanol–water partition coefficient (Wildman–Crippen LogP) is 2.76. The fraction of sp³-hybridized carbons (Fsp3) is 0.0556. The van der Waals surface area contributed by atoms with Crippen molar-refractivity contribution in [2.24, 2.45) is 5.10 Å². The lowest BCUT2D eigenvalue weighted by Gasteiger charge is -1.99. The van der Waals surface area contributed by atoms with Crippen molar-refractivity contribution in [2.75, 3.05) is 7.11 Å². The van der Waals surface area contributed by atoms with E-state index < -0.39 is 10.8 Å². The number of hydrazone groups is 1. The number of nitro benzene ring substituents is 1. The van der Waals surface area contributed by atoms with Gasteiger partial charge in [0.1, 0.15) is 11.4 Å². The molecule has 0 bridgehead atoms. The Labute approximate surface area is 153 Å². The van der Waals surface area contributed by atoms with Crippen LogP contribution in [0.15, 0.2) is 59.7 Å². The van der Waals surface area contributed by atoms with Gasteiger partial charge in [-0.3, -0.25) is 20.0 Å². The third kappa shape index (κ3) is 4.34. The molecule has 0 saturated heterocycles. The Kier molecular flexibility index (Phi) is 5.22. The quantitative estimate of drug-likeness (QED) is 0.395. The summed E-state index contributed by atoms with van der Waals surface area (Å²) in [5, 5.41) is 21.4. The Hall–Kier alpha value is -4.01. The number of ether oxygens (including phenoxy) is 1. The van der Waals surface area contributed by atoms with Gasteiger partial charge in [-0.05, 0) is 35.9 Å². The van der Waals surface area contributed by atoms with Crippen molar-refractivity contribution in [1.82, 2.24) is 15.6 Å². The fourth-order valence-electron chi connectivity index (χ4n) is 2.28. The van der Waals surface area contributed by atoms with Crippen molar-refractivity contribution >= 4 is 17.8 Å². The van der Waals surface area contributed by atoms with Crippen LogP contribution in [0.2, 0.25) is 0 Å². The molecule has 9 nitrogen and oxygen atoms in total. The summed E-state index contributed by atoms with van der Waals surface area (Å²) in [6.07, 6.45) is 1.50. The van der Waals surface area contributed by atoms with Crippen LogP contribution in [-0.2, 0) is 0 Å². The molecule has 0 atom stereocenters. The lowest BCUT2D eigenvalue weighted by molar-refractivity contribution is -0.384. The van der Waals surface area contributed by atoms with E-state index in [1.165, 1.54) is 24.4 Å². The van der Waals surface area contributed by atoms with Crippen molar-refractivity contribution < 1.29 is 14.5 Å². The van der Waals surface area contributed by atoms with E-state index in [0.29, 0.717) is 11.3 Å². The molecule has 1 heterocycles. The number of non-ortho nitro benzene ring substituents is 1. The summed E-state index contributed by atoms with van der Waals surface area (Å²) in [4.78, 5) is 22.5. The van der Waals surface area contributed by atoms with Crippen molar-refractivity contribution in [3.05, 3.63) is 76.0 Å². The number of carbonyl (C=O) groups is 1. The van der Waals surface area contributed by atoms with Gasteiger partial charge in [0.25, 0.3) is 11.6 Å². The molecule has 0 aliphatic heterocycles. The summed E-state index contributed by atoms with van der Waals surface area (Å²) in [6.45, 7) is 0. The maximum absolute atomic E-state index is 12.1. The SMILES string of the molecule is COc1ccc(/C=N/NC(=O)c2cc(-c3cccc([N+](=O)[O-])c3)n[nH]2)cc1. The van der Waals surface area contributed by atoms with Crippen LogP contribution in [-0.4, -0.2) is 34.4 Å². The average molecular weight is 365 g/mol.